The van der Waals surface area contributed by atoms with Gasteiger partial charge in [0.25, 0.3) is 5.91 Å². The van der Waals surface area contributed by atoms with Gasteiger partial charge in [0.2, 0.25) is 6.04 Å². The Kier molecular flexibility index (Phi) is 8.54. The number of amides is 1. The molecule has 0 aromatic heterocycles. The van der Waals surface area contributed by atoms with E-state index in [9.17, 15) is 40.8 Å². The molecule has 3 aromatic carbocycles. The number of Topliss-reactive ketones (excluding diaryl/α,β-unsaturated/α-hetero) is 1. The van der Waals surface area contributed by atoms with Gasteiger partial charge in [0.05, 0.1) is 5.54 Å². The molecule has 0 aliphatic rings. The van der Waals surface area contributed by atoms with Crippen LogP contribution in [-0.2, 0) is 21.5 Å². The second-order valence-electron chi connectivity index (χ2n) is 8.32. The van der Waals surface area contributed by atoms with Crippen molar-refractivity contribution in [2.75, 3.05) is 0 Å². The number of ketones is 1. The van der Waals surface area contributed by atoms with E-state index in [0.717, 1.165) is 31.2 Å². The molecule has 0 bridgehead atoms. The fourth-order valence-corrected chi connectivity index (χ4v) is 3.85. The molecule has 38 heavy (non-hydrogen) atoms. The van der Waals surface area contributed by atoms with Crippen LogP contribution >= 0.6 is 0 Å². The van der Waals surface area contributed by atoms with Crippen LogP contribution in [0.2, 0.25) is 0 Å². The number of hydrogen-bond donors (Lipinski definition) is 1. The Bertz CT molecular complexity index is 1300. The Morgan fingerprint density at radius 2 is 1.55 bits per heavy atom. The van der Waals surface area contributed by atoms with E-state index in [0.29, 0.717) is 11.6 Å². The summed E-state index contributed by atoms with van der Waals surface area (Å²) < 4.78 is 85.5. The number of carbonyl (C=O) groups excluding carboxylic acids is 2. The number of nitroso groups, excluding NO2 is 1. The van der Waals surface area contributed by atoms with Gasteiger partial charge in [-0.2, -0.15) is 17.6 Å². The molecule has 2 atom stereocenters. The van der Waals surface area contributed by atoms with Gasteiger partial charge in [-0.1, -0.05) is 42.5 Å². The molecule has 0 aliphatic carbocycles. The van der Waals surface area contributed by atoms with Gasteiger partial charge in [0.15, 0.2) is 5.78 Å². The zero-order chi connectivity index (χ0) is 28.1. The Morgan fingerprint density at radius 1 is 0.921 bits per heavy atom. The van der Waals surface area contributed by atoms with Crippen LogP contribution in [0.5, 0.6) is 5.75 Å². The molecule has 6 nitrogen and oxygen atoms in total. The van der Waals surface area contributed by atoms with Crippen LogP contribution in [0.25, 0.3) is 0 Å². The lowest BCUT2D eigenvalue weighted by Crippen LogP contribution is -2.52. The molecule has 2 unspecified atom stereocenters. The van der Waals surface area contributed by atoms with E-state index in [1.807, 2.05) is 0 Å². The van der Waals surface area contributed by atoms with Gasteiger partial charge < -0.3 is 10.1 Å². The molecule has 0 spiro atoms. The number of benzene rings is 3. The van der Waals surface area contributed by atoms with E-state index in [1.165, 1.54) is 12.1 Å². The standard InChI is InChI=1S/C26H20F6N2O4/c1-15(35)22(34-37)23(36)33-25(14-16-5-3-2-4-6-16,17-7-9-19(27)10-8-17)18-11-20(28)13-21(12-18)38-26(31,32)24(29)30/h2-13,22,24H,14H2,1H3,(H,33,36). The van der Waals surface area contributed by atoms with Gasteiger partial charge in [-0.25, -0.2) is 8.78 Å². The molecule has 0 saturated heterocycles. The molecule has 3 aromatic rings. The smallest absolute Gasteiger partial charge is 0.428 e. The minimum atomic E-state index is -4.98. The summed E-state index contributed by atoms with van der Waals surface area (Å²) in [6, 6.07) is 12.6. The average molecular weight is 538 g/mol. The van der Waals surface area contributed by atoms with Crippen molar-refractivity contribution in [3.8, 4) is 5.75 Å². The average Bonchev–Trinajstić information content (AvgIpc) is 2.84. The van der Waals surface area contributed by atoms with E-state index >= 15 is 0 Å². The van der Waals surface area contributed by atoms with E-state index < -0.39 is 53.2 Å². The fourth-order valence-electron chi connectivity index (χ4n) is 3.85. The first-order valence-corrected chi connectivity index (χ1v) is 11.0. The van der Waals surface area contributed by atoms with E-state index in [-0.39, 0.29) is 17.5 Å². The first-order valence-electron chi connectivity index (χ1n) is 11.0. The summed E-state index contributed by atoms with van der Waals surface area (Å²) in [4.78, 5) is 36.2. The van der Waals surface area contributed by atoms with E-state index in [2.05, 4.69) is 15.2 Å². The molecule has 0 fully saturated rings. The number of nitrogens with one attached hydrogen (secondary N) is 1. The third-order valence-corrected chi connectivity index (χ3v) is 5.60. The van der Waals surface area contributed by atoms with Crippen molar-refractivity contribution in [2.24, 2.45) is 5.18 Å². The van der Waals surface area contributed by atoms with Crippen molar-refractivity contribution in [3.63, 3.8) is 0 Å². The minimum Gasteiger partial charge on any atom is -0.428 e. The number of carbonyl (C=O) groups is 2. The molecular formula is C26H20F6N2O4. The fraction of sp³-hybridized carbons (Fsp3) is 0.231. The number of alkyl halides is 4. The molecule has 0 heterocycles. The van der Waals surface area contributed by atoms with Gasteiger partial charge in [-0.3, -0.25) is 9.59 Å². The normalized spacial score (nSPS) is 13.9. The zero-order valence-electron chi connectivity index (χ0n) is 19.6. The first-order chi connectivity index (χ1) is 17.9. The first kappa shape index (κ1) is 28.4. The largest absolute Gasteiger partial charge is 0.461 e. The molecule has 0 radical (unpaired) electrons. The molecule has 200 valence electrons. The van der Waals surface area contributed by atoms with Crippen molar-refractivity contribution in [2.45, 2.75) is 37.5 Å². The topological polar surface area (TPSA) is 84.8 Å². The number of halogens is 6. The maximum absolute atomic E-state index is 14.7. The van der Waals surface area contributed by atoms with Crippen molar-refractivity contribution in [1.29, 1.82) is 0 Å². The van der Waals surface area contributed by atoms with E-state index in [1.54, 1.807) is 30.3 Å². The van der Waals surface area contributed by atoms with Gasteiger partial charge in [-0.05, 0) is 53.1 Å². The highest BCUT2D eigenvalue weighted by Crippen LogP contribution is 2.38. The summed E-state index contributed by atoms with van der Waals surface area (Å²) in [7, 11) is 0. The Morgan fingerprint density at radius 3 is 2.11 bits per heavy atom. The predicted octanol–water partition coefficient (Wildman–Crippen LogP) is 5.53. The molecular weight excluding hydrogens is 518 g/mol. The zero-order valence-corrected chi connectivity index (χ0v) is 19.6. The van der Waals surface area contributed by atoms with Crippen LogP contribution in [0.4, 0.5) is 26.3 Å². The third kappa shape index (κ3) is 6.36. The van der Waals surface area contributed by atoms with Crippen LogP contribution in [-0.4, -0.2) is 30.3 Å². The predicted molar refractivity (Wildman–Crippen MR) is 124 cm³/mol. The van der Waals surface area contributed by atoms with Crippen molar-refractivity contribution >= 4 is 11.7 Å². The van der Waals surface area contributed by atoms with Gasteiger partial charge in [0.1, 0.15) is 17.4 Å². The molecule has 1 amide bonds. The lowest BCUT2D eigenvalue weighted by atomic mass is 9.77. The van der Waals surface area contributed by atoms with Crippen LogP contribution in [0.1, 0.15) is 23.6 Å². The highest BCUT2D eigenvalue weighted by atomic mass is 19.3. The van der Waals surface area contributed by atoms with Crippen LogP contribution < -0.4 is 10.1 Å². The molecule has 3 rings (SSSR count). The summed E-state index contributed by atoms with van der Waals surface area (Å²) in [5.41, 5.74) is -1.69. The molecule has 0 saturated carbocycles. The Hall–Kier alpha value is -4.22. The summed E-state index contributed by atoms with van der Waals surface area (Å²) in [5.74, 6) is -5.05. The van der Waals surface area contributed by atoms with Crippen molar-refractivity contribution in [1.82, 2.24) is 5.32 Å². The highest BCUT2D eigenvalue weighted by molar-refractivity contribution is 6.05. The van der Waals surface area contributed by atoms with Gasteiger partial charge in [-0.15, -0.1) is 4.91 Å². The van der Waals surface area contributed by atoms with Crippen LogP contribution in [0, 0.1) is 16.5 Å². The summed E-state index contributed by atoms with van der Waals surface area (Å²) in [6.45, 7) is 0.934. The highest BCUT2D eigenvalue weighted by Gasteiger charge is 2.45. The van der Waals surface area contributed by atoms with Crippen LogP contribution in [0.15, 0.2) is 78.0 Å². The maximum Gasteiger partial charge on any atom is 0.461 e. The summed E-state index contributed by atoms with van der Waals surface area (Å²) in [5, 5.41) is 5.00. The van der Waals surface area contributed by atoms with Crippen molar-refractivity contribution in [3.05, 3.63) is 106 Å². The Balaban J connectivity index is 2.30. The quantitative estimate of drug-likeness (QED) is 0.198. The number of ether oxygens (including phenoxy) is 1. The monoisotopic (exact) mass is 538 g/mol. The maximum atomic E-state index is 14.7. The lowest BCUT2D eigenvalue weighted by Gasteiger charge is -2.37. The number of nitrogens with zero attached hydrogens (tertiary/aromatic N) is 1. The minimum absolute atomic E-state index is 0.0708. The lowest BCUT2D eigenvalue weighted by molar-refractivity contribution is -0.253. The van der Waals surface area contributed by atoms with Crippen molar-refractivity contribution < 1.29 is 40.7 Å². The summed E-state index contributed by atoms with van der Waals surface area (Å²) in [6.07, 6.45) is -9.47. The number of hydrogen-bond acceptors (Lipinski definition) is 5. The van der Waals surface area contributed by atoms with Gasteiger partial charge in [0, 0.05) is 12.5 Å². The second kappa shape index (κ2) is 11.4. The Labute approximate surface area is 212 Å². The van der Waals surface area contributed by atoms with Gasteiger partial charge >= 0.3 is 12.5 Å². The number of rotatable bonds is 11. The van der Waals surface area contributed by atoms with E-state index in [4.69, 9.17) is 0 Å². The SMILES string of the molecule is CC(=O)C(N=O)C(=O)NC(Cc1ccccc1)(c1ccc(F)cc1)c1cc(F)cc(OC(F)(F)C(F)F)c1. The second-order valence-corrected chi connectivity index (χ2v) is 8.32. The van der Waals surface area contributed by atoms with Crippen LogP contribution in [0.3, 0.4) is 0 Å². The third-order valence-electron chi connectivity index (χ3n) is 5.60. The molecule has 1 N–H and O–H groups in total. The summed E-state index contributed by atoms with van der Waals surface area (Å²) >= 11 is 0. The molecule has 12 heteroatoms. The molecule has 0 aliphatic heterocycles.